The van der Waals surface area contributed by atoms with Crippen LogP contribution in [0.2, 0.25) is 0 Å². The molecule has 2 rings (SSSR count). The summed E-state index contributed by atoms with van der Waals surface area (Å²) in [5.74, 6) is -0.526. The van der Waals surface area contributed by atoms with E-state index >= 15 is 0 Å². The number of carbonyl (C=O) groups excluding carboxylic acids is 5. The highest BCUT2D eigenvalue weighted by molar-refractivity contribution is 5.88. The number of benzene rings is 2. The smallest absolute Gasteiger partial charge is 0.243 e. The van der Waals surface area contributed by atoms with Crippen molar-refractivity contribution in [2.75, 3.05) is 20.1 Å². The van der Waals surface area contributed by atoms with E-state index in [9.17, 15) is 23.6 Å². The van der Waals surface area contributed by atoms with Crippen molar-refractivity contribution in [3.63, 3.8) is 0 Å². The molecular weight excluding hydrogens is 543 g/mol. The molecule has 232 valence electrons. The number of hydrogen-bond acceptors (Lipinski definition) is 7. The maximum Gasteiger partial charge on any atom is 0.243 e. The molecule has 0 aliphatic carbocycles. The monoisotopic (exact) mass is 588 g/mol. The van der Waals surface area contributed by atoms with Gasteiger partial charge >= 0.3 is 0 Å². The molecule has 0 aliphatic rings. The van der Waals surface area contributed by atoms with E-state index < -0.39 is 18.0 Å². The topological polar surface area (TPSA) is 186 Å². The minimum atomic E-state index is -0.731. The number of primary amides is 1. The highest BCUT2D eigenvalue weighted by Crippen LogP contribution is 2.07. The number of nitrogens with two attached hydrogens (primary N) is 2. The zero-order valence-corrected chi connectivity index (χ0v) is 24.8. The molecule has 12 heteroatoms. The minimum absolute atomic E-state index is 0.0457. The third-order valence-corrected chi connectivity index (χ3v) is 5.55. The van der Waals surface area contributed by atoms with E-state index in [-0.39, 0.29) is 43.2 Å². The summed E-state index contributed by atoms with van der Waals surface area (Å²) in [6.45, 7) is 6.39. The average molecular weight is 589 g/mol. The highest BCUT2D eigenvalue weighted by Gasteiger charge is 2.22. The van der Waals surface area contributed by atoms with Gasteiger partial charge in [0.25, 0.3) is 0 Å². The Morgan fingerprint density at radius 3 is 1.98 bits per heavy atom. The second kappa shape index (κ2) is 22.5. The predicted molar refractivity (Wildman–Crippen MR) is 160 cm³/mol. The van der Waals surface area contributed by atoms with Gasteiger partial charge in [-0.05, 0) is 56.0 Å². The van der Waals surface area contributed by atoms with Crippen molar-refractivity contribution < 1.29 is 28.4 Å². The summed E-state index contributed by atoms with van der Waals surface area (Å²) in [5.41, 5.74) is 11.6. The Hall–Kier alpha value is -4.16. The van der Waals surface area contributed by atoms with Gasteiger partial charge in [-0.15, -0.1) is 0 Å². The lowest BCUT2D eigenvalue weighted by Crippen LogP contribution is -2.51. The molecule has 0 heterocycles. The Kier molecular flexibility index (Phi) is 20.3. The van der Waals surface area contributed by atoms with Crippen LogP contribution in [0.25, 0.3) is 0 Å². The highest BCUT2D eigenvalue weighted by atomic mass is 19.1. The lowest BCUT2D eigenvalue weighted by atomic mass is 10.0. The number of rotatable bonds is 14. The van der Waals surface area contributed by atoms with Crippen LogP contribution in [-0.2, 0) is 36.8 Å². The van der Waals surface area contributed by atoms with Crippen molar-refractivity contribution in [1.29, 1.82) is 0 Å². The van der Waals surface area contributed by atoms with E-state index in [2.05, 4.69) is 40.8 Å². The first-order valence-corrected chi connectivity index (χ1v) is 13.6. The summed E-state index contributed by atoms with van der Waals surface area (Å²) in [7, 11) is 1.70. The predicted octanol–water partition coefficient (Wildman–Crippen LogP) is 0.596. The Labute approximate surface area is 247 Å². The summed E-state index contributed by atoms with van der Waals surface area (Å²) in [4.78, 5) is 54.3. The number of likely N-dealkylation sites (N-methyl/N-ethyl adjacent to an activating group) is 1. The van der Waals surface area contributed by atoms with Crippen LogP contribution in [0.4, 0.5) is 4.39 Å². The van der Waals surface area contributed by atoms with Crippen molar-refractivity contribution in [3.05, 3.63) is 71.5 Å². The molecule has 0 saturated heterocycles. The van der Waals surface area contributed by atoms with Gasteiger partial charge in [0.15, 0.2) is 0 Å². The third-order valence-electron chi connectivity index (χ3n) is 5.55. The van der Waals surface area contributed by atoms with Crippen molar-refractivity contribution >= 4 is 30.4 Å². The van der Waals surface area contributed by atoms with Crippen molar-refractivity contribution in [2.45, 2.75) is 58.2 Å². The molecule has 3 atom stereocenters. The Bertz CT molecular complexity index is 1070. The van der Waals surface area contributed by atoms with Crippen LogP contribution in [0.5, 0.6) is 0 Å². The summed E-state index contributed by atoms with van der Waals surface area (Å²) < 4.78 is 12.6. The first-order valence-electron chi connectivity index (χ1n) is 13.6. The molecule has 4 amide bonds. The molecule has 0 radical (unpaired) electrons. The molecule has 0 spiro atoms. The zero-order chi connectivity index (χ0) is 31.9. The largest absolute Gasteiger partial charge is 0.372 e. The number of aldehydes is 1. The standard InChI is InChI=1S/C18H29N3O2.C11H13FN2O2.CH3NO/c1-13(2)10-14(3)20-18(23)16(21-17(22)12-19-4)11-15-8-6-5-7-9-15;12-9-3-1-8(2-4-9)7-10(13)11(16)14-5-6-15;2-1-3/h5-9,13-14,16,19H,10-12H2,1-4H3,(H,20,23)(H,21,22);1-4,6,10H,5,7,13H2,(H,14,16);1H,(H2,2,3). The molecule has 2 aromatic rings. The summed E-state index contributed by atoms with van der Waals surface area (Å²) in [5, 5.41) is 11.0. The number of halogens is 1. The molecule has 3 unspecified atom stereocenters. The van der Waals surface area contributed by atoms with E-state index in [1.807, 2.05) is 37.3 Å². The zero-order valence-electron chi connectivity index (χ0n) is 24.8. The van der Waals surface area contributed by atoms with Gasteiger partial charge in [0.2, 0.25) is 24.1 Å². The van der Waals surface area contributed by atoms with Crippen LogP contribution in [0.3, 0.4) is 0 Å². The normalized spacial score (nSPS) is 12.2. The van der Waals surface area contributed by atoms with Crippen LogP contribution in [0.15, 0.2) is 54.6 Å². The Morgan fingerprint density at radius 1 is 0.881 bits per heavy atom. The van der Waals surface area contributed by atoms with E-state index in [1.54, 1.807) is 19.2 Å². The molecule has 0 bridgehead atoms. The molecule has 0 aromatic heterocycles. The second-order valence-electron chi connectivity index (χ2n) is 9.86. The molecule has 42 heavy (non-hydrogen) atoms. The van der Waals surface area contributed by atoms with Crippen molar-refractivity contribution in [2.24, 2.45) is 17.4 Å². The second-order valence-corrected chi connectivity index (χ2v) is 9.86. The Morgan fingerprint density at radius 2 is 1.45 bits per heavy atom. The number of hydrogen-bond donors (Lipinski definition) is 6. The lowest BCUT2D eigenvalue weighted by Gasteiger charge is -2.22. The molecule has 11 nitrogen and oxygen atoms in total. The average Bonchev–Trinajstić information content (AvgIpc) is 2.93. The van der Waals surface area contributed by atoms with Crippen molar-refractivity contribution in [3.8, 4) is 0 Å². The first-order chi connectivity index (χ1) is 20.0. The summed E-state index contributed by atoms with van der Waals surface area (Å²) in [6.07, 6.45) is 2.54. The van der Waals surface area contributed by atoms with Crippen LogP contribution in [0.1, 0.15) is 38.3 Å². The molecule has 0 fully saturated rings. The molecule has 2 aromatic carbocycles. The van der Waals surface area contributed by atoms with Gasteiger partial charge in [-0.25, -0.2) is 4.39 Å². The fourth-order valence-corrected chi connectivity index (χ4v) is 3.81. The number of amides is 4. The molecular formula is C30H45FN6O5. The third kappa shape index (κ3) is 18.2. The fourth-order valence-electron chi connectivity index (χ4n) is 3.81. The Balaban J connectivity index is 0.000000770. The van der Waals surface area contributed by atoms with Crippen molar-refractivity contribution in [1.82, 2.24) is 21.3 Å². The fraction of sp³-hybridized carbons (Fsp3) is 0.433. The van der Waals surface area contributed by atoms with Gasteiger partial charge in [-0.3, -0.25) is 19.2 Å². The van der Waals surface area contributed by atoms with Gasteiger partial charge in [0, 0.05) is 12.5 Å². The maximum absolute atomic E-state index is 12.6. The van der Waals surface area contributed by atoms with Crippen LogP contribution in [-0.4, -0.2) is 68.7 Å². The van der Waals surface area contributed by atoms with Crippen LogP contribution in [0, 0.1) is 11.7 Å². The number of carbonyl (C=O) groups is 5. The maximum atomic E-state index is 12.6. The van der Waals surface area contributed by atoms with Crippen LogP contribution < -0.4 is 32.7 Å². The van der Waals surface area contributed by atoms with Gasteiger partial charge in [-0.2, -0.15) is 0 Å². The summed E-state index contributed by atoms with van der Waals surface area (Å²) in [6, 6.07) is 14.3. The van der Waals surface area contributed by atoms with Crippen LogP contribution >= 0.6 is 0 Å². The lowest BCUT2D eigenvalue weighted by molar-refractivity contribution is -0.129. The molecule has 8 N–H and O–H groups in total. The quantitative estimate of drug-likeness (QED) is 0.174. The first kappa shape index (κ1) is 37.8. The van der Waals surface area contributed by atoms with E-state index in [0.717, 1.165) is 17.5 Å². The summed E-state index contributed by atoms with van der Waals surface area (Å²) >= 11 is 0. The van der Waals surface area contributed by atoms with E-state index in [0.29, 0.717) is 25.0 Å². The van der Waals surface area contributed by atoms with Gasteiger partial charge in [0.1, 0.15) is 18.1 Å². The van der Waals surface area contributed by atoms with E-state index in [4.69, 9.17) is 10.5 Å². The molecule has 0 saturated carbocycles. The number of nitrogens with one attached hydrogen (secondary N) is 4. The SMILES string of the molecule is CNCC(=O)NC(Cc1ccccc1)C(=O)NC(C)CC(C)C.NC(Cc1ccc(F)cc1)C(=O)NCC=O.NC=O. The van der Waals surface area contributed by atoms with Gasteiger partial charge in [0.05, 0.1) is 19.1 Å². The minimum Gasteiger partial charge on any atom is -0.372 e. The molecule has 0 aliphatic heterocycles. The van der Waals surface area contributed by atoms with Gasteiger partial charge < -0.3 is 37.5 Å². The van der Waals surface area contributed by atoms with Gasteiger partial charge in [-0.1, -0.05) is 56.3 Å². The van der Waals surface area contributed by atoms with E-state index in [1.165, 1.54) is 12.1 Å².